The van der Waals surface area contributed by atoms with E-state index in [0.29, 0.717) is 0 Å². The van der Waals surface area contributed by atoms with Crippen LogP contribution in [0.1, 0.15) is 25.3 Å². The molecule has 18 heavy (non-hydrogen) atoms. The van der Waals surface area contributed by atoms with Crippen molar-refractivity contribution in [3.05, 3.63) is 41.5 Å². The third kappa shape index (κ3) is 2.98. The molecular weight excluding hydrogens is 240 g/mol. The summed E-state index contributed by atoms with van der Waals surface area (Å²) in [5.41, 5.74) is 1.39. The Bertz CT molecular complexity index is 488. The highest BCUT2D eigenvalue weighted by molar-refractivity contribution is 7.15. The number of nitrogens with one attached hydrogen (secondary N) is 1. The van der Waals surface area contributed by atoms with E-state index in [4.69, 9.17) is 0 Å². The zero-order chi connectivity index (χ0) is 13.0. The first kappa shape index (κ1) is 13.2. The first-order valence-electron chi connectivity index (χ1n) is 6.30. The molecule has 0 atom stereocenters. The number of nitrogens with zero attached hydrogens (tertiary/aromatic N) is 1. The molecule has 0 aliphatic rings. The third-order valence-corrected chi connectivity index (χ3v) is 4.56. The van der Waals surface area contributed by atoms with Gasteiger partial charge in [0.25, 0.3) is 0 Å². The normalized spacial score (nSPS) is 11.7. The van der Waals surface area contributed by atoms with Crippen molar-refractivity contribution in [1.82, 2.24) is 10.3 Å². The van der Waals surface area contributed by atoms with Gasteiger partial charge in [0.2, 0.25) is 0 Å². The summed E-state index contributed by atoms with van der Waals surface area (Å²) in [5, 5.41) is 4.43. The molecule has 0 unspecified atom stereocenters. The van der Waals surface area contributed by atoms with Gasteiger partial charge in [-0.3, -0.25) is 0 Å². The molecule has 2 nitrogen and oxygen atoms in total. The second-order valence-corrected chi connectivity index (χ2v) is 6.16. The lowest BCUT2D eigenvalue weighted by molar-refractivity contribution is 0.466. The molecule has 3 heteroatoms. The number of rotatable bonds is 5. The Morgan fingerprint density at radius 2 is 1.94 bits per heavy atom. The van der Waals surface area contributed by atoms with Crippen LogP contribution in [0.2, 0.25) is 0 Å². The van der Waals surface area contributed by atoms with Crippen LogP contribution in [-0.4, -0.2) is 18.6 Å². The van der Waals surface area contributed by atoms with Crippen LogP contribution in [0, 0.1) is 0 Å². The molecule has 0 aliphatic heterocycles. The summed E-state index contributed by atoms with van der Waals surface area (Å²) in [5.74, 6) is 0. The molecule has 0 spiro atoms. The summed E-state index contributed by atoms with van der Waals surface area (Å²) < 4.78 is 0. The Kier molecular flexibility index (Phi) is 4.15. The summed E-state index contributed by atoms with van der Waals surface area (Å²) >= 11 is 1.80. The average molecular weight is 260 g/mol. The second kappa shape index (κ2) is 5.63. The maximum atomic E-state index is 4.61. The number of thiazole rings is 1. The van der Waals surface area contributed by atoms with Gasteiger partial charge in [0, 0.05) is 11.6 Å². The molecule has 1 N–H and O–H groups in total. The predicted octanol–water partition coefficient (Wildman–Crippen LogP) is 3.70. The van der Waals surface area contributed by atoms with Crippen molar-refractivity contribution in [3.63, 3.8) is 0 Å². The summed E-state index contributed by atoms with van der Waals surface area (Å²) in [6.45, 7) is 5.54. The van der Waals surface area contributed by atoms with Crippen molar-refractivity contribution in [2.75, 3.05) is 13.6 Å². The SMILES string of the molecule is CNCCC(C)(C)c1ncc(-c2ccccc2)s1. The monoisotopic (exact) mass is 260 g/mol. The Hall–Kier alpha value is -1.19. The van der Waals surface area contributed by atoms with Gasteiger partial charge in [-0.15, -0.1) is 11.3 Å². The Morgan fingerprint density at radius 3 is 2.61 bits per heavy atom. The van der Waals surface area contributed by atoms with Crippen molar-refractivity contribution >= 4 is 11.3 Å². The standard InChI is InChI=1S/C15H20N2S/c1-15(2,9-10-16-3)14-17-11-13(18-14)12-7-5-4-6-8-12/h4-8,11,16H,9-10H2,1-3H3. The van der Waals surface area contributed by atoms with Crippen LogP contribution in [0.4, 0.5) is 0 Å². The van der Waals surface area contributed by atoms with Crippen molar-refractivity contribution in [2.24, 2.45) is 0 Å². The largest absolute Gasteiger partial charge is 0.320 e. The van der Waals surface area contributed by atoms with Gasteiger partial charge in [0.15, 0.2) is 0 Å². The lowest BCUT2D eigenvalue weighted by Gasteiger charge is -2.21. The number of aromatic nitrogens is 1. The molecule has 0 aliphatic carbocycles. The first-order chi connectivity index (χ1) is 8.63. The number of hydrogen-bond acceptors (Lipinski definition) is 3. The van der Waals surface area contributed by atoms with E-state index in [-0.39, 0.29) is 5.41 Å². The minimum Gasteiger partial charge on any atom is -0.320 e. The highest BCUT2D eigenvalue weighted by Crippen LogP contribution is 2.34. The minimum atomic E-state index is 0.140. The van der Waals surface area contributed by atoms with Crippen LogP contribution < -0.4 is 5.32 Å². The lowest BCUT2D eigenvalue weighted by atomic mass is 9.90. The molecule has 2 rings (SSSR count). The molecular formula is C15H20N2S. The fourth-order valence-electron chi connectivity index (χ4n) is 1.87. The van der Waals surface area contributed by atoms with Crippen LogP contribution in [0.15, 0.2) is 36.5 Å². The van der Waals surface area contributed by atoms with Gasteiger partial charge in [-0.1, -0.05) is 44.2 Å². The Morgan fingerprint density at radius 1 is 1.22 bits per heavy atom. The smallest absolute Gasteiger partial charge is 0.0987 e. The predicted molar refractivity (Wildman–Crippen MR) is 79.1 cm³/mol. The first-order valence-corrected chi connectivity index (χ1v) is 7.11. The molecule has 0 radical (unpaired) electrons. The maximum Gasteiger partial charge on any atom is 0.0987 e. The number of benzene rings is 1. The second-order valence-electron chi connectivity index (χ2n) is 5.13. The van der Waals surface area contributed by atoms with Gasteiger partial charge in [-0.25, -0.2) is 4.98 Å². The van der Waals surface area contributed by atoms with Crippen LogP contribution in [-0.2, 0) is 5.41 Å². The molecule has 2 aromatic rings. The molecule has 0 saturated carbocycles. The van der Waals surface area contributed by atoms with Crippen LogP contribution in [0.3, 0.4) is 0 Å². The molecule has 0 amide bonds. The topological polar surface area (TPSA) is 24.9 Å². The Balaban J connectivity index is 2.20. The summed E-state index contributed by atoms with van der Waals surface area (Å²) in [6, 6.07) is 10.5. The van der Waals surface area contributed by atoms with Gasteiger partial charge in [0.1, 0.15) is 0 Å². The van der Waals surface area contributed by atoms with E-state index in [1.807, 2.05) is 19.3 Å². The van der Waals surface area contributed by atoms with E-state index >= 15 is 0 Å². The van der Waals surface area contributed by atoms with Crippen LogP contribution in [0.25, 0.3) is 10.4 Å². The fraction of sp³-hybridized carbons (Fsp3) is 0.400. The van der Waals surface area contributed by atoms with E-state index < -0.39 is 0 Å². The molecule has 0 bridgehead atoms. The summed E-state index contributed by atoms with van der Waals surface area (Å²) in [4.78, 5) is 5.86. The van der Waals surface area contributed by atoms with Gasteiger partial charge in [0.05, 0.1) is 9.88 Å². The lowest BCUT2D eigenvalue weighted by Crippen LogP contribution is -2.23. The molecule has 0 fully saturated rings. The molecule has 1 aromatic carbocycles. The van der Waals surface area contributed by atoms with Crippen molar-refractivity contribution < 1.29 is 0 Å². The summed E-state index contributed by atoms with van der Waals surface area (Å²) in [6.07, 6.45) is 3.10. The molecule has 96 valence electrons. The average Bonchev–Trinajstić information content (AvgIpc) is 2.88. The highest BCUT2D eigenvalue weighted by atomic mass is 32.1. The highest BCUT2D eigenvalue weighted by Gasteiger charge is 2.23. The quantitative estimate of drug-likeness (QED) is 0.886. The van der Waals surface area contributed by atoms with Gasteiger partial charge in [-0.05, 0) is 25.6 Å². The van der Waals surface area contributed by atoms with Gasteiger partial charge in [-0.2, -0.15) is 0 Å². The zero-order valence-electron chi connectivity index (χ0n) is 11.2. The molecule has 0 saturated heterocycles. The summed E-state index contributed by atoms with van der Waals surface area (Å²) in [7, 11) is 1.99. The maximum absolute atomic E-state index is 4.61. The fourth-order valence-corrected chi connectivity index (χ4v) is 2.92. The zero-order valence-corrected chi connectivity index (χ0v) is 12.1. The molecule has 1 aromatic heterocycles. The van der Waals surface area contributed by atoms with Crippen LogP contribution >= 0.6 is 11.3 Å². The molecule has 1 heterocycles. The van der Waals surface area contributed by atoms with E-state index in [2.05, 4.69) is 48.4 Å². The Labute approximate surface area is 113 Å². The van der Waals surface area contributed by atoms with E-state index in [9.17, 15) is 0 Å². The third-order valence-electron chi connectivity index (χ3n) is 3.14. The van der Waals surface area contributed by atoms with Gasteiger partial charge >= 0.3 is 0 Å². The van der Waals surface area contributed by atoms with Crippen molar-refractivity contribution in [2.45, 2.75) is 25.7 Å². The minimum absolute atomic E-state index is 0.140. The van der Waals surface area contributed by atoms with E-state index in [1.165, 1.54) is 15.4 Å². The van der Waals surface area contributed by atoms with Crippen LogP contribution in [0.5, 0.6) is 0 Å². The van der Waals surface area contributed by atoms with E-state index in [1.54, 1.807) is 11.3 Å². The van der Waals surface area contributed by atoms with Gasteiger partial charge < -0.3 is 5.32 Å². The number of hydrogen-bond donors (Lipinski definition) is 1. The van der Waals surface area contributed by atoms with Crippen molar-refractivity contribution in [3.8, 4) is 10.4 Å². The van der Waals surface area contributed by atoms with E-state index in [0.717, 1.165) is 13.0 Å². The van der Waals surface area contributed by atoms with Crippen molar-refractivity contribution in [1.29, 1.82) is 0 Å².